The SMILES string of the molecule is CC(C)(C)c1ccc(Nc2ccc3nn(-c4ccccc4)nc3c2)cc1. The van der Waals surface area contributed by atoms with Gasteiger partial charge in [-0.15, -0.1) is 10.2 Å². The van der Waals surface area contributed by atoms with E-state index in [4.69, 9.17) is 0 Å². The third kappa shape index (κ3) is 3.31. The number of hydrogen-bond acceptors (Lipinski definition) is 3. The first-order valence-electron chi connectivity index (χ1n) is 8.79. The lowest BCUT2D eigenvalue weighted by Crippen LogP contribution is -2.10. The van der Waals surface area contributed by atoms with Crippen molar-refractivity contribution in [3.8, 4) is 5.69 Å². The molecule has 0 radical (unpaired) electrons. The Morgan fingerprint density at radius 2 is 1.38 bits per heavy atom. The van der Waals surface area contributed by atoms with Gasteiger partial charge >= 0.3 is 0 Å². The fourth-order valence-corrected chi connectivity index (χ4v) is 2.89. The molecule has 0 saturated heterocycles. The van der Waals surface area contributed by atoms with Gasteiger partial charge in [-0.05, 0) is 53.4 Å². The first kappa shape index (κ1) is 16.3. The summed E-state index contributed by atoms with van der Waals surface area (Å²) in [6.45, 7) is 6.66. The molecular formula is C22H22N4. The van der Waals surface area contributed by atoms with Gasteiger partial charge < -0.3 is 5.32 Å². The van der Waals surface area contributed by atoms with E-state index in [1.54, 1.807) is 4.80 Å². The van der Waals surface area contributed by atoms with Gasteiger partial charge in [0.15, 0.2) is 0 Å². The van der Waals surface area contributed by atoms with Crippen molar-refractivity contribution in [3.63, 3.8) is 0 Å². The van der Waals surface area contributed by atoms with E-state index in [0.717, 1.165) is 28.1 Å². The molecule has 0 fully saturated rings. The minimum Gasteiger partial charge on any atom is -0.355 e. The van der Waals surface area contributed by atoms with Crippen LogP contribution in [0.3, 0.4) is 0 Å². The third-order valence-corrected chi connectivity index (χ3v) is 4.41. The van der Waals surface area contributed by atoms with Crippen LogP contribution in [0.1, 0.15) is 26.3 Å². The molecule has 1 heterocycles. The van der Waals surface area contributed by atoms with Gasteiger partial charge in [0.05, 0.1) is 5.69 Å². The van der Waals surface area contributed by atoms with Crippen molar-refractivity contribution in [1.29, 1.82) is 0 Å². The monoisotopic (exact) mass is 342 g/mol. The van der Waals surface area contributed by atoms with Crippen LogP contribution in [0.4, 0.5) is 11.4 Å². The summed E-state index contributed by atoms with van der Waals surface area (Å²) < 4.78 is 0. The van der Waals surface area contributed by atoms with Crippen molar-refractivity contribution in [2.24, 2.45) is 0 Å². The highest BCUT2D eigenvalue weighted by Crippen LogP contribution is 2.26. The van der Waals surface area contributed by atoms with Gasteiger partial charge in [0.2, 0.25) is 0 Å². The predicted molar refractivity (Wildman–Crippen MR) is 107 cm³/mol. The summed E-state index contributed by atoms with van der Waals surface area (Å²) in [5.74, 6) is 0. The van der Waals surface area contributed by atoms with Gasteiger partial charge in [-0.3, -0.25) is 0 Å². The Balaban J connectivity index is 1.59. The predicted octanol–water partition coefficient (Wildman–Crippen LogP) is 5.46. The molecule has 4 heteroatoms. The zero-order valence-corrected chi connectivity index (χ0v) is 15.3. The lowest BCUT2D eigenvalue weighted by molar-refractivity contribution is 0.590. The highest BCUT2D eigenvalue weighted by atomic mass is 15.5. The highest BCUT2D eigenvalue weighted by molar-refractivity contribution is 5.79. The number of nitrogens with one attached hydrogen (secondary N) is 1. The van der Waals surface area contributed by atoms with Crippen LogP contribution in [0.25, 0.3) is 16.7 Å². The largest absolute Gasteiger partial charge is 0.355 e. The van der Waals surface area contributed by atoms with Crippen LogP contribution >= 0.6 is 0 Å². The van der Waals surface area contributed by atoms with E-state index in [9.17, 15) is 0 Å². The van der Waals surface area contributed by atoms with Gasteiger partial charge in [-0.1, -0.05) is 51.1 Å². The molecule has 1 N–H and O–H groups in total. The van der Waals surface area contributed by atoms with Crippen molar-refractivity contribution >= 4 is 22.4 Å². The Bertz CT molecular complexity index is 1030. The maximum atomic E-state index is 4.60. The molecule has 4 rings (SSSR count). The van der Waals surface area contributed by atoms with E-state index in [0.29, 0.717) is 0 Å². The molecule has 0 unspecified atom stereocenters. The number of rotatable bonds is 3. The molecule has 0 aliphatic carbocycles. The molecule has 130 valence electrons. The zero-order chi connectivity index (χ0) is 18.1. The fraction of sp³-hybridized carbons (Fsp3) is 0.182. The number of benzene rings is 3. The Morgan fingerprint density at radius 3 is 2.08 bits per heavy atom. The van der Waals surface area contributed by atoms with Crippen molar-refractivity contribution < 1.29 is 0 Å². The van der Waals surface area contributed by atoms with Crippen LogP contribution in [-0.2, 0) is 5.41 Å². The summed E-state index contributed by atoms with van der Waals surface area (Å²) in [4.78, 5) is 1.67. The number of aromatic nitrogens is 3. The van der Waals surface area contributed by atoms with Crippen LogP contribution in [-0.4, -0.2) is 15.0 Å². The Hall–Kier alpha value is -3.14. The van der Waals surface area contributed by atoms with E-state index < -0.39 is 0 Å². The van der Waals surface area contributed by atoms with Crippen LogP contribution in [0, 0.1) is 0 Å². The van der Waals surface area contributed by atoms with Gasteiger partial charge in [0.1, 0.15) is 11.0 Å². The summed E-state index contributed by atoms with van der Waals surface area (Å²) >= 11 is 0. The summed E-state index contributed by atoms with van der Waals surface area (Å²) in [5, 5.41) is 12.6. The molecule has 1 aromatic heterocycles. The van der Waals surface area contributed by atoms with Crippen molar-refractivity contribution in [2.45, 2.75) is 26.2 Å². The molecule has 0 bridgehead atoms. The Kier molecular flexibility index (Phi) is 3.96. The zero-order valence-electron chi connectivity index (χ0n) is 15.3. The molecule has 4 nitrogen and oxygen atoms in total. The second kappa shape index (κ2) is 6.30. The maximum Gasteiger partial charge on any atom is 0.115 e. The van der Waals surface area contributed by atoms with E-state index in [1.165, 1.54) is 5.56 Å². The van der Waals surface area contributed by atoms with Gasteiger partial charge in [0.25, 0.3) is 0 Å². The van der Waals surface area contributed by atoms with E-state index in [-0.39, 0.29) is 5.41 Å². The number of para-hydroxylation sites is 1. The van der Waals surface area contributed by atoms with Gasteiger partial charge in [-0.25, -0.2) is 0 Å². The average molecular weight is 342 g/mol. The number of anilines is 2. The number of nitrogens with zero attached hydrogens (tertiary/aromatic N) is 3. The number of fused-ring (bicyclic) bond motifs is 1. The maximum absolute atomic E-state index is 4.60. The van der Waals surface area contributed by atoms with Gasteiger partial charge in [0, 0.05) is 11.4 Å². The van der Waals surface area contributed by atoms with Crippen LogP contribution in [0.2, 0.25) is 0 Å². The minimum absolute atomic E-state index is 0.160. The first-order valence-corrected chi connectivity index (χ1v) is 8.79. The molecule has 0 amide bonds. The van der Waals surface area contributed by atoms with E-state index in [1.807, 2.05) is 48.5 Å². The summed E-state index contributed by atoms with van der Waals surface area (Å²) in [5.41, 5.74) is 6.25. The van der Waals surface area contributed by atoms with E-state index >= 15 is 0 Å². The summed E-state index contributed by atoms with van der Waals surface area (Å²) in [7, 11) is 0. The molecule has 0 aliphatic heterocycles. The number of hydrogen-bond donors (Lipinski definition) is 1. The smallest absolute Gasteiger partial charge is 0.115 e. The Morgan fingerprint density at radius 1 is 0.731 bits per heavy atom. The van der Waals surface area contributed by atoms with E-state index in [2.05, 4.69) is 60.6 Å². The molecule has 26 heavy (non-hydrogen) atoms. The van der Waals surface area contributed by atoms with Crippen LogP contribution < -0.4 is 5.32 Å². The standard InChI is InChI=1S/C22H22N4/c1-22(2,3)16-9-11-17(12-10-16)23-18-13-14-20-21(15-18)25-26(24-20)19-7-5-4-6-8-19/h4-15,23H,1-3H3. The summed E-state index contributed by atoms with van der Waals surface area (Å²) in [6, 6.07) is 24.6. The van der Waals surface area contributed by atoms with Crippen LogP contribution in [0.5, 0.6) is 0 Å². The lowest BCUT2D eigenvalue weighted by Gasteiger charge is -2.19. The second-order valence-electron chi connectivity index (χ2n) is 7.48. The fourth-order valence-electron chi connectivity index (χ4n) is 2.89. The molecule has 3 aromatic carbocycles. The highest BCUT2D eigenvalue weighted by Gasteiger charge is 2.13. The minimum atomic E-state index is 0.160. The quantitative estimate of drug-likeness (QED) is 0.537. The average Bonchev–Trinajstić information content (AvgIpc) is 3.05. The molecular weight excluding hydrogens is 320 g/mol. The molecule has 4 aromatic rings. The van der Waals surface area contributed by atoms with Gasteiger partial charge in [-0.2, -0.15) is 4.80 Å². The molecule has 0 aliphatic rings. The van der Waals surface area contributed by atoms with Crippen molar-refractivity contribution in [1.82, 2.24) is 15.0 Å². The summed E-state index contributed by atoms with van der Waals surface area (Å²) in [6.07, 6.45) is 0. The van der Waals surface area contributed by atoms with Crippen molar-refractivity contribution in [3.05, 3.63) is 78.4 Å². The topological polar surface area (TPSA) is 42.7 Å². The Labute approximate surface area is 153 Å². The van der Waals surface area contributed by atoms with Crippen molar-refractivity contribution in [2.75, 3.05) is 5.32 Å². The normalized spacial score (nSPS) is 11.7. The lowest BCUT2D eigenvalue weighted by atomic mass is 9.87. The first-order chi connectivity index (χ1) is 12.5. The molecule has 0 atom stereocenters. The second-order valence-corrected chi connectivity index (χ2v) is 7.48. The third-order valence-electron chi connectivity index (χ3n) is 4.41. The molecule has 0 spiro atoms. The van der Waals surface area contributed by atoms with Crippen LogP contribution in [0.15, 0.2) is 72.8 Å². The molecule has 0 saturated carbocycles.